The van der Waals surface area contributed by atoms with Gasteiger partial charge in [0.1, 0.15) is 12.4 Å². The lowest BCUT2D eigenvalue weighted by atomic mass is 9.73. The molecular formula is C21H28ClN5O2. The normalized spacial score (nSPS) is 19.1. The molecule has 29 heavy (non-hydrogen) atoms. The van der Waals surface area contributed by atoms with Gasteiger partial charge in [-0.25, -0.2) is 9.98 Å². The fourth-order valence-electron chi connectivity index (χ4n) is 3.86. The summed E-state index contributed by atoms with van der Waals surface area (Å²) in [5.74, 6) is 1.35. The summed E-state index contributed by atoms with van der Waals surface area (Å²) in [6.07, 6.45) is 3.21. The molecule has 1 amide bonds. The van der Waals surface area contributed by atoms with Crippen molar-refractivity contribution in [3.8, 4) is 0 Å². The van der Waals surface area contributed by atoms with Crippen molar-refractivity contribution in [1.82, 2.24) is 9.80 Å². The number of aliphatic imine (C=N–C) groups is 2. The van der Waals surface area contributed by atoms with E-state index >= 15 is 0 Å². The number of benzene rings is 1. The third kappa shape index (κ3) is 4.62. The average Bonchev–Trinajstić information content (AvgIpc) is 2.95. The van der Waals surface area contributed by atoms with Crippen LogP contribution in [0.1, 0.15) is 25.3 Å². The van der Waals surface area contributed by atoms with Gasteiger partial charge in [0.2, 0.25) is 11.9 Å². The number of anilines is 1. The first-order chi connectivity index (χ1) is 13.9. The summed E-state index contributed by atoms with van der Waals surface area (Å²) in [5.41, 5.74) is 1.47. The minimum Gasteiger partial charge on any atom is -0.495 e. The van der Waals surface area contributed by atoms with Gasteiger partial charge in [0.25, 0.3) is 0 Å². The smallest absolute Gasteiger partial charge is 0.235 e. The van der Waals surface area contributed by atoms with Crippen molar-refractivity contribution in [2.75, 3.05) is 45.7 Å². The summed E-state index contributed by atoms with van der Waals surface area (Å²) < 4.78 is 5.76. The molecule has 1 aromatic rings. The molecule has 0 atom stereocenters. The Morgan fingerprint density at radius 3 is 2.79 bits per heavy atom. The topological polar surface area (TPSA) is 69.5 Å². The van der Waals surface area contributed by atoms with Gasteiger partial charge in [-0.05, 0) is 63.3 Å². The van der Waals surface area contributed by atoms with Crippen LogP contribution in [0.4, 0.5) is 5.69 Å². The number of rotatable bonds is 5. The van der Waals surface area contributed by atoms with Crippen LogP contribution in [0.15, 0.2) is 40.1 Å². The summed E-state index contributed by atoms with van der Waals surface area (Å²) in [5, 5.41) is 3.69. The molecule has 1 saturated heterocycles. The first kappa shape index (κ1) is 21.3. The average molecular weight is 418 g/mol. The molecule has 0 bridgehead atoms. The molecule has 7 nitrogen and oxygen atoms in total. The number of ether oxygens (including phenoxy) is 1. The molecular weight excluding hydrogens is 390 g/mol. The fourth-order valence-corrected chi connectivity index (χ4v) is 4.03. The van der Waals surface area contributed by atoms with Crippen molar-refractivity contribution in [1.29, 1.82) is 0 Å². The van der Waals surface area contributed by atoms with Crippen LogP contribution < -0.4 is 5.32 Å². The molecule has 0 aliphatic carbocycles. The zero-order valence-electron chi connectivity index (χ0n) is 17.2. The molecule has 1 aromatic carbocycles. The van der Waals surface area contributed by atoms with Crippen LogP contribution in [0.5, 0.6) is 0 Å². The van der Waals surface area contributed by atoms with E-state index in [4.69, 9.17) is 16.3 Å². The molecule has 1 fully saturated rings. The number of hydrogen-bond donors (Lipinski definition) is 1. The maximum Gasteiger partial charge on any atom is 0.235 e. The number of allylic oxidation sites excluding steroid dienone is 1. The zero-order chi connectivity index (χ0) is 21.0. The maximum atomic E-state index is 12.7. The Kier molecular flexibility index (Phi) is 6.59. The molecule has 156 valence electrons. The third-order valence-electron chi connectivity index (χ3n) is 5.53. The number of carbonyl (C=O) groups is 1. The first-order valence-electron chi connectivity index (χ1n) is 9.71. The highest BCUT2D eigenvalue weighted by molar-refractivity contribution is 6.31. The third-order valence-corrected chi connectivity index (χ3v) is 5.77. The molecule has 3 rings (SSSR count). The van der Waals surface area contributed by atoms with Crippen molar-refractivity contribution in [2.24, 2.45) is 9.98 Å². The van der Waals surface area contributed by atoms with Gasteiger partial charge >= 0.3 is 0 Å². The van der Waals surface area contributed by atoms with E-state index < -0.39 is 5.41 Å². The van der Waals surface area contributed by atoms with E-state index in [0.717, 1.165) is 49.5 Å². The van der Waals surface area contributed by atoms with Gasteiger partial charge in [-0.1, -0.05) is 11.6 Å². The Hall–Kier alpha value is -2.38. The van der Waals surface area contributed by atoms with Crippen LogP contribution in [0.2, 0.25) is 5.02 Å². The van der Waals surface area contributed by atoms with Gasteiger partial charge < -0.3 is 15.0 Å². The number of nitrogens with zero attached hydrogens (tertiary/aromatic N) is 4. The molecule has 0 saturated carbocycles. The Labute approximate surface area is 177 Å². The Bertz CT molecular complexity index is 841. The number of hydrogen-bond acceptors (Lipinski definition) is 4. The number of halogens is 1. The van der Waals surface area contributed by atoms with E-state index in [1.54, 1.807) is 11.1 Å². The maximum absolute atomic E-state index is 12.7. The monoisotopic (exact) mass is 417 g/mol. The van der Waals surface area contributed by atoms with Crippen molar-refractivity contribution in [3.63, 3.8) is 0 Å². The van der Waals surface area contributed by atoms with E-state index in [-0.39, 0.29) is 5.91 Å². The lowest BCUT2D eigenvalue weighted by Crippen LogP contribution is -2.47. The molecule has 0 unspecified atom stereocenters. The molecule has 1 N–H and O–H groups in total. The van der Waals surface area contributed by atoms with Crippen LogP contribution >= 0.6 is 11.6 Å². The van der Waals surface area contributed by atoms with E-state index in [1.807, 2.05) is 39.2 Å². The number of carbonyl (C=O) groups excluding carboxylic acids is 1. The molecule has 2 aliphatic heterocycles. The van der Waals surface area contributed by atoms with E-state index in [0.29, 0.717) is 17.6 Å². The Balaban J connectivity index is 1.52. The van der Waals surface area contributed by atoms with Gasteiger partial charge in [0.15, 0.2) is 0 Å². The van der Waals surface area contributed by atoms with Crippen LogP contribution in [0.25, 0.3) is 0 Å². The largest absolute Gasteiger partial charge is 0.495 e. The number of nitrogens with one attached hydrogen (secondary N) is 1. The molecule has 2 aliphatic rings. The zero-order valence-corrected chi connectivity index (χ0v) is 18.0. The van der Waals surface area contributed by atoms with Crippen molar-refractivity contribution < 1.29 is 9.53 Å². The summed E-state index contributed by atoms with van der Waals surface area (Å²) in [6, 6.07) is 5.65. The molecule has 1 spiro atoms. The van der Waals surface area contributed by atoms with Crippen LogP contribution in [-0.4, -0.2) is 68.7 Å². The highest BCUT2D eigenvalue weighted by Gasteiger charge is 2.48. The van der Waals surface area contributed by atoms with Crippen LogP contribution in [0, 0.1) is 0 Å². The second-order valence-corrected chi connectivity index (χ2v) is 8.07. The standard InChI is InChI=1S/C21H28ClN5O2/c1-15(14-24-20(23-2)26(3)4)29-12-11-27-9-7-21(8-10-27)17-13-16(22)5-6-18(17)25-19(21)28/h5-6,13-14H,2,7-12H2,1,3-4H3,(H,25,28)/b15-14+,24-20+. The Morgan fingerprint density at radius 1 is 1.41 bits per heavy atom. The van der Waals surface area contributed by atoms with E-state index in [9.17, 15) is 4.79 Å². The number of piperidine rings is 1. The first-order valence-corrected chi connectivity index (χ1v) is 10.1. The second-order valence-electron chi connectivity index (χ2n) is 7.64. The lowest BCUT2D eigenvalue weighted by Gasteiger charge is -2.38. The van der Waals surface area contributed by atoms with Crippen molar-refractivity contribution in [3.05, 3.63) is 40.7 Å². The predicted octanol–water partition coefficient (Wildman–Crippen LogP) is 3.12. The van der Waals surface area contributed by atoms with Gasteiger partial charge in [0, 0.05) is 31.4 Å². The lowest BCUT2D eigenvalue weighted by molar-refractivity contribution is -0.122. The number of amides is 1. The van der Waals surface area contributed by atoms with E-state index in [1.165, 1.54) is 0 Å². The van der Waals surface area contributed by atoms with Gasteiger partial charge in [-0.2, -0.15) is 0 Å². The fraction of sp³-hybridized carbons (Fsp3) is 0.476. The van der Waals surface area contributed by atoms with E-state index in [2.05, 4.69) is 26.9 Å². The minimum absolute atomic E-state index is 0.0924. The highest BCUT2D eigenvalue weighted by Crippen LogP contribution is 2.45. The number of fused-ring (bicyclic) bond motifs is 2. The highest BCUT2D eigenvalue weighted by atomic mass is 35.5. The summed E-state index contributed by atoms with van der Waals surface area (Å²) in [6.45, 7) is 8.43. The molecule has 2 heterocycles. The quantitative estimate of drug-likeness (QED) is 0.454. The van der Waals surface area contributed by atoms with Crippen LogP contribution in [0.3, 0.4) is 0 Å². The number of likely N-dealkylation sites (tertiary alicyclic amines) is 1. The molecule has 0 radical (unpaired) electrons. The second kappa shape index (κ2) is 8.97. The number of guanidine groups is 1. The van der Waals surface area contributed by atoms with Gasteiger partial charge in [-0.15, -0.1) is 0 Å². The predicted molar refractivity (Wildman–Crippen MR) is 118 cm³/mol. The SMILES string of the molecule is C=N/C(=N\C=C(/C)OCCN1CCC2(CC1)C(=O)Nc1ccc(Cl)cc12)N(C)C. The van der Waals surface area contributed by atoms with Gasteiger partial charge in [-0.3, -0.25) is 9.69 Å². The molecule has 0 aromatic heterocycles. The van der Waals surface area contributed by atoms with Crippen molar-refractivity contribution in [2.45, 2.75) is 25.2 Å². The van der Waals surface area contributed by atoms with Crippen molar-refractivity contribution >= 4 is 35.9 Å². The van der Waals surface area contributed by atoms with Gasteiger partial charge in [0.05, 0.1) is 11.6 Å². The Morgan fingerprint density at radius 2 is 2.14 bits per heavy atom. The summed E-state index contributed by atoms with van der Waals surface area (Å²) in [7, 11) is 3.72. The summed E-state index contributed by atoms with van der Waals surface area (Å²) in [4.78, 5) is 24.9. The van der Waals surface area contributed by atoms with Crippen LogP contribution in [-0.2, 0) is 14.9 Å². The molecule has 8 heteroatoms. The summed E-state index contributed by atoms with van der Waals surface area (Å²) >= 11 is 6.18. The minimum atomic E-state index is -0.456.